The van der Waals surface area contributed by atoms with Crippen LogP contribution in [0.15, 0.2) is 56.6 Å². The molecule has 1 amide bonds. The van der Waals surface area contributed by atoms with E-state index in [0.29, 0.717) is 16.8 Å². The number of amides is 1. The first-order valence-electron chi connectivity index (χ1n) is 9.34. The predicted molar refractivity (Wildman–Crippen MR) is 109 cm³/mol. The maximum Gasteiger partial charge on any atom is 0.419 e. The zero-order valence-corrected chi connectivity index (χ0v) is 17.4. The Morgan fingerprint density at radius 2 is 1.70 bits per heavy atom. The van der Waals surface area contributed by atoms with E-state index in [9.17, 15) is 18.0 Å². The molecule has 158 valence electrons. The zero-order chi connectivity index (χ0) is 21.5. The standard InChI is InChI=1S/C20H21N3O6S/c1-21-17-8-7-16(13-18(17)29-20(21)25)30(26,27)23-11-9-22(10-12-23)19(24)14-3-5-15(28-2)6-4-14/h3-8,13H,9-12H2,1-2H3. The molecular formula is C20H21N3O6S. The number of benzene rings is 2. The van der Waals surface area contributed by atoms with E-state index in [1.54, 1.807) is 49.4 Å². The van der Waals surface area contributed by atoms with Gasteiger partial charge in [-0.25, -0.2) is 13.2 Å². The monoisotopic (exact) mass is 431 g/mol. The summed E-state index contributed by atoms with van der Waals surface area (Å²) in [6.45, 7) is 0.932. The average molecular weight is 431 g/mol. The van der Waals surface area contributed by atoms with Crippen molar-refractivity contribution in [2.75, 3.05) is 33.3 Å². The Labute approximate surface area is 173 Å². The average Bonchev–Trinajstić information content (AvgIpc) is 3.06. The largest absolute Gasteiger partial charge is 0.497 e. The van der Waals surface area contributed by atoms with Crippen molar-refractivity contribution < 1.29 is 22.4 Å². The highest BCUT2D eigenvalue weighted by Crippen LogP contribution is 2.23. The van der Waals surface area contributed by atoms with Crippen molar-refractivity contribution in [2.24, 2.45) is 7.05 Å². The molecule has 0 bridgehead atoms. The van der Waals surface area contributed by atoms with E-state index in [1.165, 1.54) is 21.0 Å². The van der Waals surface area contributed by atoms with Crippen molar-refractivity contribution in [1.82, 2.24) is 13.8 Å². The van der Waals surface area contributed by atoms with Crippen LogP contribution in [0.3, 0.4) is 0 Å². The number of rotatable bonds is 4. The van der Waals surface area contributed by atoms with Crippen LogP contribution in [0.25, 0.3) is 11.1 Å². The first-order chi connectivity index (χ1) is 14.3. The third kappa shape index (κ3) is 3.48. The number of piperazine rings is 1. The molecule has 1 aliphatic heterocycles. The molecule has 1 aromatic heterocycles. The van der Waals surface area contributed by atoms with Crippen molar-refractivity contribution in [3.8, 4) is 5.75 Å². The van der Waals surface area contributed by atoms with Gasteiger partial charge in [0.05, 0.1) is 17.5 Å². The molecule has 0 radical (unpaired) electrons. The van der Waals surface area contributed by atoms with E-state index in [2.05, 4.69) is 0 Å². The van der Waals surface area contributed by atoms with Crippen LogP contribution in [-0.2, 0) is 17.1 Å². The van der Waals surface area contributed by atoms with Crippen LogP contribution < -0.4 is 10.5 Å². The maximum absolute atomic E-state index is 13.0. The fourth-order valence-electron chi connectivity index (χ4n) is 3.47. The Kier molecular flexibility index (Phi) is 5.12. The molecule has 1 saturated heterocycles. The van der Waals surface area contributed by atoms with E-state index < -0.39 is 15.8 Å². The summed E-state index contributed by atoms with van der Waals surface area (Å²) in [6, 6.07) is 11.2. The lowest BCUT2D eigenvalue weighted by molar-refractivity contribution is 0.0698. The van der Waals surface area contributed by atoms with Crippen LogP contribution in [0.5, 0.6) is 5.75 Å². The fraction of sp³-hybridized carbons (Fsp3) is 0.300. The summed E-state index contributed by atoms with van der Waals surface area (Å²) in [5.74, 6) is -0.0407. The molecule has 0 saturated carbocycles. The number of aromatic nitrogens is 1. The maximum atomic E-state index is 13.0. The van der Waals surface area contributed by atoms with Crippen LogP contribution in [0.4, 0.5) is 0 Å². The normalized spacial score (nSPS) is 15.5. The van der Waals surface area contributed by atoms with Crippen LogP contribution >= 0.6 is 0 Å². The minimum absolute atomic E-state index is 0.0549. The summed E-state index contributed by atoms with van der Waals surface area (Å²) in [7, 11) is -0.660. The number of carbonyl (C=O) groups excluding carboxylic acids is 1. The van der Waals surface area contributed by atoms with Gasteiger partial charge < -0.3 is 14.1 Å². The highest BCUT2D eigenvalue weighted by atomic mass is 32.2. The van der Waals surface area contributed by atoms with Crippen molar-refractivity contribution in [3.63, 3.8) is 0 Å². The Morgan fingerprint density at radius 3 is 2.33 bits per heavy atom. The Balaban J connectivity index is 1.48. The SMILES string of the molecule is COc1ccc(C(=O)N2CCN(S(=O)(=O)c3ccc4c(c3)oc(=O)n4C)CC2)cc1. The molecule has 30 heavy (non-hydrogen) atoms. The topological polar surface area (TPSA) is 102 Å². The molecule has 1 fully saturated rings. The van der Waals surface area contributed by atoms with Gasteiger partial charge >= 0.3 is 5.76 Å². The minimum Gasteiger partial charge on any atom is -0.497 e. The molecule has 0 atom stereocenters. The van der Waals surface area contributed by atoms with Crippen LogP contribution in [0, 0.1) is 0 Å². The van der Waals surface area contributed by atoms with Crippen molar-refractivity contribution in [1.29, 1.82) is 0 Å². The summed E-state index contributed by atoms with van der Waals surface area (Å²) in [5, 5.41) is 0. The molecule has 10 heteroatoms. The molecule has 0 N–H and O–H groups in total. The molecule has 0 spiro atoms. The molecule has 0 unspecified atom stereocenters. The highest BCUT2D eigenvalue weighted by Gasteiger charge is 2.31. The number of ether oxygens (including phenoxy) is 1. The summed E-state index contributed by atoms with van der Waals surface area (Å²) < 4.78 is 38.9. The lowest BCUT2D eigenvalue weighted by atomic mass is 10.2. The van der Waals surface area contributed by atoms with E-state index in [1.807, 2.05) is 0 Å². The van der Waals surface area contributed by atoms with Gasteiger partial charge in [-0.2, -0.15) is 4.31 Å². The summed E-state index contributed by atoms with van der Waals surface area (Å²) in [5.41, 5.74) is 1.27. The van der Waals surface area contributed by atoms with E-state index in [-0.39, 0.29) is 42.6 Å². The molecule has 3 aromatic rings. The van der Waals surface area contributed by atoms with E-state index in [0.717, 1.165) is 0 Å². The zero-order valence-electron chi connectivity index (χ0n) is 16.6. The number of aryl methyl sites for hydroxylation is 1. The van der Waals surface area contributed by atoms with E-state index >= 15 is 0 Å². The number of carbonyl (C=O) groups is 1. The lowest BCUT2D eigenvalue weighted by Crippen LogP contribution is -2.50. The van der Waals surface area contributed by atoms with Gasteiger partial charge in [0.25, 0.3) is 5.91 Å². The highest BCUT2D eigenvalue weighted by molar-refractivity contribution is 7.89. The van der Waals surface area contributed by atoms with Gasteiger partial charge in [-0.1, -0.05) is 0 Å². The van der Waals surface area contributed by atoms with Crippen LogP contribution in [0.2, 0.25) is 0 Å². The molecule has 1 aliphatic rings. The van der Waals surface area contributed by atoms with Gasteiger partial charge in [0.2, 0.25) is 10.0 Å². The molecule has 2 aromatic carbocycles. The second-order valence-electron chi connectivity index (χ2n) is 6.98. The van der Waals surface area contributed by atoms with Crippen LogP contribution in [0.1, 0.15) is 10.4 Å². The number of fused-ring (bicyclic) bond motifs is 1. The van der Waals surface area contributed by atoms with Gasteiger partial charge in [0.15, 0.2) is 5.58 Å². The van der Waals surface area contributed by atoms with Gasteiger partial charge in [-0.3, -0.25) is 9.36 Å². The number of hydrogen-bond donors (Lipinski definition) is 0. The van der Waals surface area contributed by atoms with Crippen LogP contribution in [-0.4, -0.2) is 61.4 Å². The number of sulfonamides is 1. The smallest absolute Gasteiger partial charge is 0.419 e. The summed E-state index contributed by atoms with van der Waals surface area (Å²) >= 11 is 0. The molecule has 2 heterocycles. The van der Waals surface area contributed by atoms with Crippen molar-refractivity contribution >= 4 is 27.0 Å². The molecule has 9 nitrogen and oxygen atoms in total. The second-order valence-corrected chi connectivity index (χ2v) is 8.92. The Bertz CT molecular complexity index is 1250. The Morgan fingerprint density at radius 1 is 1.03 bits per heavy atom. The number of hydrogen-bond acceptors (Lipinski definition) is 6. The minimum atomic E-state index is -3.77. The van der Waals surface area contributed by atoms with Crippen molar-refractivity contribution in [2.45, 2.75) is 4.90 Å². The fourth-order valence-corrected chi connectivity index (χ4v) is 4.91. The first-order valence-corrected chi connectivity index (χ1v) is 10.8. The van der Waals surface area contributed by atoms with E-state index in [4.69, 9.17) is 9.15 Å². The first kappa shape index (κ1) is 20.2. The second kappa shape index (κ2) is 7.62. The van der Waals surface area contributed by atoms with Gasteiger partial charge in [0, 0.05) is 44.9 Å². The molecule has 4 rings (SSSR count). The quantitative estimate of drug-likeness (QED) is 0.617. The number of oxazole rings is 1. The molecular weight excluding hydrogens is 410 g/mol. The summed E-state index contributed by atoms with van der Waals surface area (Å²) in [4.78, 5) is 26.0. The van der Waals surface area contributed by atoms with Gasteiger partial charge in [-0.05, 0) is 36.4 Å². The number of nitrogens with zero attached hydrogens (tertiary/aromatic N) is 3. The molecule has 0 aliphatic carbocycles. The lowest BCUT2D eigenvalue weighted by Gasteiger charge is -2.34. The number of methoxy groups -OCH3 is 1. The third-order valence-electron chi connectivity index (χ3n) is 5.26. The van der Waals surface area contributed by atoms with Crippen molar-refractivity contribution in [3.05, 3.63) is 58.6 Å². The Hall–Kier alpha value is -3.11. The summed E-state index contributed by atoms with van der Waals surface area (Å²) in [6.07, 6.45) is 0. The van der Waals surface area contributed by atoms with Gasteiger partial charge in [-0.15, -0.1) is 0 Å². The third-order valence-corrected chi connectivity index (χ3v) is 7.16. The predicted octanol–water partition coefficient (Wildman–Crippen LogP) is 1.29. The van der Waals surface area contributed by atoms with Gasteiger partial charge in [0.1, 0.15) is 5.75 Å².